The highest BCUT2D eigenvalue weighted by atomic mass is 16.5. The molecule has 0 unspecified atom stereocenters. The Morgan fingerprint density at radius 1 is 1.04 bits per heavy atom. The summed E-state index contributed by atoms with van der Waals surface area (Å²) >= 11 is 0. The van der Waals surface area contributed by atoms with Crippen molar-refractivity contribution in [3.05, 3.63) is 81.7 Å². The molecule has 136 valence electrons. The van der Waals surface area contributed by atoms with Crippen molar-refractivity contribution in [1.82, 2.24) is 4.90 Å². The van der Waals surface area contributed by atoms with Gasteiger partial charge >= 0.3 is 11.6 Å². The Hall–Kier alpha value is -3.41. The van der Waals surface area contributed by atoms with Gasteiger partial charge in [0, 0.05) is 18.5 Å². The minimum atomic E-state index is -0.861. The maximum Gasteiger partial charge on any atom is 0.351 e. The summed E-state index contributed by atoms with van der Waals surface area (Å²) in [6.07, 6.45) is 0.768. The van der Waals surface area contributed by atoms with E-state index in [1.165, 1.54) is 11.6 Å². The van der Waals surface area contributed by atoms with Crippen LogP contribution >= 0.6 is 0 Å². The van der Waals surface area contributed by atoms with Gasteiger partial charge in [-0.15, -0.1) is 0 Å². The van der Waals surface area contributed by atoms with Gasteiger partial charge in [0.25, 0.3) is 5.91 Å². The first-order valence-corrected chi connectivity index (χ1v) is 8.66. The fourth-order valence-corrected chi connectivity index (χ4v) is 3.21. The van der Waals surface area contributed by atoms with E-state index >= 15 is 0 Å². The number of rotatable bonds is 3. The van der Waals surface area contributed by atoms with Crippen LogP contribution in [0.25, 0.3) is 11.0 Å². The molecule has 0 aliphatic carbocycles. The number of esters is 1. The van der Waals surface area contributed by atoms with Crippen molar-refractivity contribution in [2.45, 2.75) is 13.0 Å². The first-order valence-electron chi connectivity index (χ1n) is 8.66. The lowest BCUT2D eigenvalue weighted by Gasteiger charge is -2.28. The molecule has 0 atom stereocenters. The molecule has 1 aliphatic heterocycles. The molecule has 1 amide bonds. The molecular weight excluding hydrogens is 346 g/mol. The quantitative estimate of drug-likeness (QED) is 0.528. The third-order valence-electron chi connectivity index (χ3n) is 4.67. The van der Waals surface area contributed by atoms with Crippen LogP contribution in [-0.4, -0.2) is 29.9 Å². The van der Waals surface area contributed by atoms with Gasteiger partial charge in [-0.05, 0) is 29.7 Å². The van der Waals surface area contributed by atoms with Gasteiger partial charge < -0.3 is 14.1 Å². The molecule has 1 aliphatic rings. The molecule has 0 saturated heterocycles. The average Bonchev–Trinajstić information content (AvgIpc) is 2.70. The highest BCUT2D eigenvalue weighted by molar-refractivity contribution is 5.94. The zero-order valence-electron chi connectivity index (χ0n) is 14.5. The molecule has 0 saturated carbocycles. The summed E-state index contributed by atoms with van der Waals surface area (Å²) in [6.45, 7) is 0.656. The molecule has 0 N–H and O–H groups in total. The van der Waals surface area contributed by atoms with Crippen LogP contribution in [0.2, 0.25) is 0 Å². The van der Waals surface area contributed by atoms with Crippen LogP contribution in [0.3, 0.4) is 0 Å². The van der Waals surface area contributed by atoms with E-state index < -0.39 is 18.2 Å². The van der Waals surface area contributed by atoms with Gasteiger partial charge in [-0.3, -0.25) is 4.79 Å². The summed E-state index contributed by atoms with van der Waals surface area (Å²) < 4.78 is 10.2. The first kappa shape index (κ1) is 17.0. The molecular formula is C21H17NO5. The molecule has 0 fully saturated rings. The van der Waals surface area contributed by atoms with Gasteiger partial charge in [-0.25, -0.2) is 9.59 Å². The third kappa shape index (κ3) is 3.46. The Morgan fingerprint density at radius 3 is 2.63 bits per heavy atom. The first-order chi connectivity index (χ1) is 13.1. The lowest BCUT2D eigenvalue weighted by atomic mass is 10.00. The zero-order valence-corrected chi connectivity index (χ0v) is 14.5. The van der Waals surface area contributed by atoms with Crippen LogP contribution in [0.5, 0.6) is 0 Å². The molecule has 3 aromatic rings. The van der Waals surface area contributed by atoms with Gasteiger partial charge in [-0.1, -0.05) is 42.5 Å². The molecule has 27 heavy (non-hydrogen) atoms. The summed E-state index contributed by atoms with van der Waals surface area (Å²) in [7, 11) is 0. The van der Waals surface area contributed by atoms with Gasteiger partial charge in [-0.2, -0.15) is 0 Å². The Bertz CT molecular complexity index is 1090. The summed E-state index contributed by atoms with van der Waals surface area (Å²) in [5.41, 5.74) is 1.72. The van der Waals surface area contributed by atoms with Crippen LogP contribution in [0.4, 0.5) is 0 Å². The molecule has 0 bridgehead atoms. The van der Waals surface area contributed by atoms with Crippen molar-refractivity contribution < 1.29 is 18.7 Å². The van der Waals surface area contributed by atoms with Crippen LogP contribution in [0.15, 0.2) is 63.8 Å². The van der Waals surface area contributed by atoms with Crippen molar-refractivity contribution in [2.75, 3.05) is 13.2 Å². The van der Waals surface area contributed by atoms with Crippen molar-refractivity contribution in [1.29, 1.82) is 0 Å². The Morgan fingerprint density at radius 2 is 1.78 bits per heavy atom. The molecule has 2 aromatic carbocycles. The average molecular weight is 363 g/mol. The summed E-state index contributed by atoms with van der Waals surface area (Å²) in [6, 6.07) is 16.3. The third-order valence-corrected chi connectivity index (χ3v) is 4.67. The Balaban J connectivity index is 1.43. The number of para-hydroxylation sites is 1. The number of amides is 1. The van der Waals surface area contributed by atoms with E-state index in [2.05, 4.69) is 6.07 Å². The summed E-state index contributed by atoms with van der Waals surface area (Å²) in [5, 5.41) is 0.614. The monoisotopic (exact) mass is 363 g/mol. The smallest absolute Gasteiger partial charge is 0.351 e. The van der Waals surface area contributed by atoms with Crippen molar-refractivity contribution in [3.63, 3.8) is 0 Å². The van der Waals surface area contributed by atoms with Gasteiger partial charge in [0.2, 0.25) is 0 Å². The lowest BCUT2D eigenvalue weighted by Crippen LogP contribution is -2.38. The predicted octanol–water partition coefficient (Wildman–Crippen LogP) is 2.53. The number of carbonyl (C=O) groups is 2. The maximum atomic E-state index is 12.4. The number of benzene rings is 2. The van der Waals surface area contributed by atoms with Gasteiger partial charge in [0.1, 0.15) is 11.1 Å². The van der Waals surface area contributed by atoms with Gasteiger partial charge in [0.05, 0.1) is 0 Å². The normalized spacial score (nSPS) is 13.3. The Kier molecular flexibility index (Phi) is 4.46. The fraction of sp³-hybridized carbons (Fsp3) is 0.190. The van der Waals surface area contributed by atoms with Crippen LogP contribution < -0.4 is 5.63 Å². The Labute approximate surface area is 155 Å². The molecule has 0 radical (unpaired) electrons. The van der Waals surface area contributed by atoms with E-state index in [1.807, 2.05) is 18.2 Å². The number of fused-ring (bicyclic) bond motifs is 2. The molecule has 1 aromatic heterocycles. The second-order valence-corrected chi connectivity index (χ2v) is 6.40. The van der Waals surface area contributed by atoms with E-state index in [9.17, 15) is 14.4 Å². The number of hydrogen-bond acceptors (Lipinski definition) is 5. The minimum Gasteiger partial charge on any atom is -0.452 e. The minimum absolute atomic E-state index is 0.217. The zero-order chi connectivity index (χ0) is 18.8. The largest absolute Gasteiger partial charge is 0.452 e. The van der Waals surface area contributed by atoms with Crippen molar-refractivity contribution in [2.24, 2.45) is 0 Å². The molecule has 6 nitrogen and oxygen atoms in total. The van der Waals surface area contributed by atoms with Crippen molar-refractivity contribution >= 4 is 22.8 Å². The topological polar surface area (TPSA) is 76.8 Å². The number of nitrogens with zero attached hydrogens (tertiary/aromatic N) is 1. The number of carbonyl (C=O) groups excluding carboxylic acids is 2. The lowest BCUT2D eigenvalue weighted by molar-refractivity contribution is -0.135. The van der Waals surface area contributed by atoms with E-state index in [1.54, 1.807) is 29.2 Å². The van der Waals surface area contributed by atoms with Crippen LogP contribution in [-0.2, 0) is 22.5 Å². The van der Waals surface area contributed by atoms with Crippen molar-refractivity contribution in [3.8, 4) is 0 Å². The SMILES string of the molecule is O=C(OCC(=O)N1CCc2ccccc2C1)c1cc2ccccc2oc1=O. The van der Waals surface area contributed by atoms with Crippen LogP contribution in [0, 0.1) is 0 Å². The summed E-state index contributed by atoms with van der Waals surface area (Å²) in [4.78, 5) is 38.3. The fourth-order valence-electron chi connectivity index (χ4n) is 3.21. The number of ether oxygens (including phenoxy) is 1. The number of hydrogen-bond donors (Lipinski definition) is 0. The van der Waals surface area contributed by atoms with E-state index in [4.69, 9.17) is 9.15 Å². The van der Waals surface area contributed by atoms with Gasteiger partial charge in [0.15, 0.2) is 6.61 Å². The molecule has 0 spiro atoms. The molecule has 2 heterocycles. The second-order valence-electron chi connectivity index (χ2n) is 6.40. The predicted molar refractivity (Wildman–Crippen MR) is 98.3 cm³/mol. The standard InChI is InChI=1S/C21H17NO5/c23-19(22-10-9-14-5-1-2-7-16(14)12-22)13-26-20(24)17-11-15-6-3-4-8-18(15)27-21(17)25/h1-8,11H,9-10,12-13H2. The van der Waals surface area contributed by atoms with E-state index in [0.29, 0.717) is 24.1 Å². The molecule has 4 rings (SSSR count). The molecule has 6 heteroatoms. The summed E-state index contributed by atoms with van der Waals surface area (Å²) in [5.74, 6) is -1.15. The highest BCUT2D eigenvalue weighted by Crippen LogP contribution is 2.18. The van der Waals surface area contributed by atoms with E-state index in [-0.39, 0.29) is 11.5 Å². The maximum absolute atomic E-state index is 12.4. The second kappa shape index (κ2) is 7.07. The highest BCUT2D eigenvalue weighted by Gasteiger charge is 2.22. The van der Waals surface area contributed by atoms with E-state index in [0.717, 1.165) is 12.0 Å². The van der Waals surface area contributed by atoms with Crippen LogP contribution in [0.1, 0.15) is 21.5 Å².